The first-order valence-electron chi connectivity index (χ1n) is 8.49. The lowest BCUT2D eigenvalue weighted by Gasteiger charge is -2.36. The third kappa shape index (κ3) is 6.32. The Morgan fingerprint density at radius 3 is 2.36 bits per heavy atom. The summed E-state index contributed by atoms with van der Waals surface area (Å²) in [5, 5.41) is 9.18. The van der Waals surface area contributed by atoms with Gasteiger partial charge in [0, 0.05) is 51.5 Å². The maximum Gasteiger partial charge on any atom is 0.313 e. The van der Waals surface area contributed by atoms with E-state index in [2.05, 4.69) is 25.8 Å². The van der Waals surface area contributed by atoms with Crippen LogP contribution in [-0.4, -0.2) is 72.5 Å². The molecule has 0 aliphatic carbocycles. The van der Waals surface area contributed by atoms with E-state index in [0.717, 1.165) is 37.8 Å². The minimum atomic E-state index is -0.646. The molecule has 7 nitrogen and oxygen atoms in total. The normalized spacial score (nSPS) is 14.7. The number of para-hydroxylation sites is 1. The van der Waals surface area contributed by atoms with E-state index in [9.17, 15) is 9.59 Å². The van der Waals surface area contributed by atoms with E-state index in [0.29, 0.717) is 18.8 Å². The van der Waals surface area contributed by atoms with Crippen molar-refractivity contribution in [2.45, 2.75) is 6.92 Å². The Hall–Kier alpha value is -2.19. The molecule has 25 heavy (non-hydrogen) atoms. The van der Waals surface area contributed by atoms with Crippen molar-refractivity contribution >= 4 is 34.8 Å². The second-order valence-corrected chi connectivity index (χ2v) is 6.13. The van der Waals surface area contributed by atoms with Gasteiger partial charge in [-0.3, -0.25) is 14.5 Å². The molecule has 1 aromatic carbocycles. The lowest BCUT2D eigenvalue weighted by molar-refractivity contribution is -0.136. The van der Waals surface area contributed by atoms with Crippen molar-refractivity contribution in [2.75, 3.05) is 51.1 Å². The zero-order valence-electron chi connectivity index (χ0n) is 14.5. The third-order valence-corrected chi connectivity index (χ3v) is 4.34. The van der Waals surface area contributed by atoms with E-state index in [1.54, 1.807) is 24.3 Å². The first-order valence-corrected chi connectivity index (χ1v) is 8.90. The van der Waals surface area contributed by atoms with Crippen molar-refractivity contribution in [3.8, 4) is 0 Å². The molecule has 1 aliphatic heterocycles. The molecule has 2 amide bonds. The number of thiocarbonyl (C=S) groups is 1. The van der Waals surface area contributed by atoms with Crippen LogP contribution in [0.2, 0.25) is 0 Å². The fourth-order valence-corrected chi connectivity index (χ4v) is 2.88. The molecule has 0 saturated carbocycles. The Kier molecular flexibility index (Phi) is 7.62. The van der Waals surface area contributed by atoms with Crippen LogP contribution in [0.5, 0.6) is 0 Å². The van der Waals surface area contributed by atoms with E-state index in [1.165, 1.54) is 0 Å². The number of amides is 2. The van der Waals surface area contributed by atoms with Crippen molar-refractivity contribution in [1.29, 1.82) is 0 Å². The lowest BCUT2D eigenvalue weighted by atomic mass is 10.3. The van der Waals surface area contributed by atoms with E-state index in [4.69, 9.17) is 12.2 Å². The molecule has 0 unspecified atom stereocenters. The smallest absolute Gasteiger partial charge is 0.313 e. The minimum Gasteiger partial charge on any atom is -0.363 e. The number of carbonyl (C=O) groups is 2. The number of hydrogen-bond donors (Lipinski definition) is 3. The predicted molar refractivity (Wildman–Crippen MR) is 102 cm³/mol. The third-order valence-electron chi connectivity index (χ3n) is 3.94. The molecule has 2 rings (SSSR count). The molecule has 1 fully saturated rings. The molecule has 0 spiro atoms. The molecule has 1 heterocycles. The Balaban J connectivity index is 1.63. The summed E-state index contributed by atoms with van der Waals surface area (Å²) < 4.78 is 0. The van der Waals surface area contributed by atoms with Crippen molar-refractivity contribution in [2.24, 2.45) is 0 Å². The minimum absolute atomic E-state index is 0.443. The highest BCUT2D eigenvalue weighted by molar-refractivity contribution is 7.80. The van der Waals surface area contributed by atoms with Gasteiger partial charge >= 0.3 is 11.8 Å². The standard InChI is InChI=1S/C17H25N5O2S/c1-2-18-17(25)22-12-10-21(11-13-22)9-8-19-15(23)16(24)20-14-6-4-3-5-7-14/h3-7H,2,8-13H2,1H3,(H,18,25)(H,19,23)(H,20,24). The summed E-state index contributed by atoms with van der Waals surface area (Å²) in [5.74, 6) is -1.26. The second-order valence-electron chi connectivity index (χ2n) is 5.74. The van der Waals surface area contributed by atoms with E-state index < -0.39 is 11.8 Å². The number of carbonyl (C=O) groups excluding carboxylic acids is 2. The summed E-state index contributed by atoms with van der Waals surface area (Å²) in [6, 6.07) is 8.93. The van der Waals surface area contributed by atoms with Gasteiger partial charge in [-0.1, -0.05) is 18.2 Å². The van der Waals surface area contributed by atoms with Crippen LogP contribution in [0.15, 0.2) is 30.3 Å². The lowest BCUT2D eigenvalue weighted by Crippen LogP contribution is -2.52. The highest BCUT2D eigenvalue weighted by Crippen LogP contribution is 2.04. The number of anilines is 1. The van der Waals surface area contributed by atoms with Crippen molar-refractivity contribution in [1.82, 2.24) is 20.4 Å². The number of benzene rings is 1. The highest BCUT2D eigenvalue weighted by Gasteiger charge is 2.19. The van der Waals surface area contributed by atoms with Gasteiger partial charge in [-0.05, 0) is 31.3 Å². The van der Waals surface area contributed by atoms with Crippen LogP contribution in [0.25, 0.3) is 0 Å². The van der Waals surface area contributed by atoms with Crippen LogP contribution in [0.3, 0.4) is 0 Å². The summed E-state index contributed by atoms with van der Waals surface area (Å²) >= 11 is 5.31. The fraction of sp³-hybridized carbons (Fsp3) is 0.471. The Bertz CT molecular complexity index is 588. The molecule has 1 saturated heterocycles. The molecule has 136 valence electrons. The summed E-state index contributed by atoms with van der Waals surface area (Å²) in [6.45, 7) is 7.53. The molecule has 1 aliphatic rings. The van der Waals surface area contributed by atoms with Gasteiger partial charge in [-0.25, -0.2) is 0 Å². The van der Waals surface area contributed by atoms with Crippen molar-refractivity contribution in [3.05, 3.63) is 30.3 Å². The molecule has 0 aromatic heterocycles. The summed E-state index contributed by atoms with van der Waals surface area (Å²) in [6.07, 6.45) is 0. The maximum atomic E-state index is 11.8. The van der Waals surface area contributed by atoms with Gasteiger partial charge < -0.3 is 20.9 Å². The zero-order chi connectivity index (χ0) is 18.1. The average Bonchev–Trinajstić information content (AvgIpc) is 2.63. The van der Waals surface area contributed by atoms with Crippen LogP contribution in [0, 0.1) is 0 Å². The summed E-state index contributed by atoms with van der Waals surface area (Å²) in [7, 11) is 0. The highest BCUT2D eigenvalue weighted by atomic mass is 32.1. The van der Waals surface area contributed by atoms with Crippen LogP contribution in [0.4, 0.5) is 5.69 Å². The van der Waals surface area contributed by atoms with Gasteiger partial charge in [0.2, 0.25) is 0 Å². The van der Waals surface area contributed by atoms with Gasteiger partial charge in [0.15, 0.2) is 5.11 Å². The topological polar surface area (TPSA) is 76.7 Å². The van der Waals surface area contributed by atoms with E-state index in [-0.39, 0.29) is 0 Å². The molecule has 1 aromatic rings. The number of hydrogen-bond acceptors (Lipinski definition) is 4. The molecule has 0 radical (unpaired) electrons. The van der Waals surface area contributed by atoms with Crippen LogP contribution >= 0.6 is 12.2 Å². The fourth-order valence-electron chi connectivity index (χ4n) is 2.55. The number of piperazine rings is 1. The van der Waals surface area contributed by atoms with Crippen LogP contribution in [-0.2, 0) is 9.59 Å². The van der Waals surface area contributed by atoms with Crippen LogP contribution in [0.1, 0.15) is 6.92 Å². The number of nitrogens with zero attached hydrogens (tertiary/aromatic N) is 2. The molecular formula is C17H25N5O2S. The van der Waals surface area contributed by atoms with Crippen molar-refractivity contribution < 1.29 is 9.59 Å². The molecule has 8 heteroatoms. The van der Waals surface area contributed by atoms with Crippen LogP contribution < -0.4 is 16.0 Å². The number of nitrogens with one attached hydrogen (secondary N) is 3. The van der Waals surface area contributed by atoms with Gasteiger partial charge in [0.25, 0.3) is 0 Å². The molecular weight excluding hydrogens is 338 g/mol. The number of rotatable bonds is 5. The first kappa shape index (κ1) is 19.1. The molecule has 0 bridgehead atoms. The predicted octanol–water partition coefficient (Wildman–Crippen LogP) is 0.253. The summed E-state index contributed by atoms with van der Waals surface area (Å²) in [4.78, 5) is 28.0. The largest absolute Gasteiger partial charge is 0.363 e. The Morgan fingerprint density at radius 2 is 1.72 bits per heavy atom. The van der Waals surface area contributed by atoms with Gasteiger partial charge in [-0.2, -0.15) is 0 Å². The molecule has 0 atom stereocenters. The van der Waals surface area contributed by atoms with E-state index in [1.807, 2.05) is 13.0 Å². The van der Waals surface area contributed by atoms with E-state index >= 15 is 0 Å². The molecule has 3 N–H and O–H groups in total. The first-order chi connectivity index (χ1) is 12.1. The summed E-state index contributed by atoms with van der Waals surface area (Å²) in [5.41, 5.74) is 0.607. The van der Waals surface area contributed by atoms with Gasteiger partial charge in [-0.15, -0.1) is 0 Å². The van der Waals surface area contributed by atoms with Gasteiger partial charge in [0.1, 0.15) is 0 Å². The van der Waals surface area contributed by atoms with Crippen molar-refractivity contribution in [3.63, 3.8) is 0 Å². The Morgan fingerprint density at radius 1 is 1.04 bits per heavy atom. The quantitative estimate of drug-likeness (QED) is 0.514. The average molecular weight is 363 g/mol. The monoisotopic (exact) mass is 363 g/mol. The van der Waals surface area contributed by atoms with Gasteiger partial charge in [0.05, 0.1) is 0 Å². The Labute approximate surface area is 153 Å². The zero-order valence-corrected chi connectivity index (χ0v) is 15.3. The second kappa shape index (κ2) is 9.95. The maximum absolute atomic E-state index is 11.8. The SMILES string of the molecule is CCNC(=S)N1CCN(CCNC(=O)C(=O)Nc2ccccc2)CC1.